The fraction of sp³-hybridized carbons (Fsp3) is 0. The molecule has 1 aromatic heterocycles. The summed E-state index contributed by atoms with van der Waals surface area (Å²) in [6, 6.07) is 19.1. The van der Waals surface area contributed by atoms with Gasteiger partial charge in [0, 0.05) is 5.69 Å². The van der Waals surface area contributed by atoms with Crippen molar-refractivity contribution in [1.29, 1.82) is 0 Å². The van der Waals surface area contributed by atoms with Gasteiger partial charge in [-0.05, 0) is 29.9 Å². The van der Waals surface area contributed by atoms with Crippen molar-refractivity contribution in [2.45, 2.75) is 0 Å². The molecule has 0 saturated heterocycles. The number of rotatable bonds is 4. The Morgan fingerprint density at radius 1 is 1.00 bits per heavy atom. The van der Waals surface area contributed by atoms with E-state index in [4.69, 9.17) is 12.2 Å². The molecule has 3 aromatic rings. The van der Waals surface area contributed by atoms with Crippen LogP contribution in [0.5, 0.6) is 0 Å². The van der Waals surface area contributed by atoms with Crippen LogP contribution in [0.15, 0.2) is 60.7 Å². The molecule has 0 spiro atoms. The molecule has 0 atom stereocenters. The normalized spacial score (nSPS) is 10.2. The Balaban J connectivity index is 2.13. The number of carbonyl (C=O) groups excluding carboxylic acids is 1. The van der Waals surface area contributed by atoms with Gasteiger partial charge in [-0.2, -0.15) is 0 Å². The summed E-state index contributed by atoms with van der Waals surface area (Å²) < 4.78 is 0.322. The quantitative estimate of drug-likeness (QED) is 0.555. The fourth-order valence-electron chi connectivity index (χ4n) is 2.18. The molecule has 22 heavy (non-hydrogen) atoms. The zero-order valence-electron chi connectivity index (χ0n) is 11.6. The van der Waals surface area contributed by atoms with Gasteiger partial charge in [0.05, 0.1) is 11.3 Å². The van der Waals surface area contributed by atoms with Crippen LogP contribution in [0.1, 0.15) is 10.4 Å². The monoisotopic (exact) mass is 307 g/mol. The molecule has 108 valence electrons. The van der Waals surface area contributed by atoms with Gasteiger partial charge in [-0.15, -0.1) is 0 Å². The van der Waals surface area contributed by atoms with Crippen LogP contribution < -0.4 is 5.32 Å². The molecule has 0 fully saturated rings. The lowest BCUT2D eigenvalue weighted by Gasteiger charge is -2.12. The van der Waals surface area contributed by atoms with Gasteiger partial charge in [-0.3, -0.25) is 4.79 Å². The number of para-hydroxylation sites is 1. The first-order chi connectivity index (χ1) is 10.8. The topological polar surface area (TPSA) is 57.8 Å². The van der Waals surface area contributed by atoms with Crippen molar-refractivity contribution in [2.24, 2.45) is 0 Å². The van der Waals surface area contributed by atoms with E-state index in [9.17, 15) is 4.79 Å². The van der Waals surface area contributed by atoms with E-state index in [0.29, 0.717) is 21.8 Å². The minimum Gasteiger partial charge on any atom is -0.339 e. The Morgan fingerprint density at radius 3 is 2.27 bits per heavy atom. The van der Waals surface area contributed by atoms with Gasteiger partial charge in [-0.1, -0.05) is 48.5 Å². The number of nitrogens with one attached hydrogen (secondary N) is 2. The number of anilines is 2. The van der Waals surface area contributed by atoms with Crippen molar-refractivity contribution in [3.05, 3.63) is 71.0 Å². The molecule has 0 aliphatic rings. The molecule has 0 aliphatic carbocycles. The summed E-state index contributed by atoms with van der Waals surface area (Å²) in [5.74, 6) is 0.448. The highest BCUT2D eigenvalue weighted by molar-refractivity contribution is 7.71. The highest BCUT2D eigenvalue weighted by Gasteiger charge is 2.12. The van der Waals surface area contributed by atoms with Crippen LogP contribution in [0.2, 0.25) is 0 Å². The van der Waals surface area contributed by atoms with E-state index in [-0.39, 0.29) is 0 Å². The number of hydrogen-bond donors (Lipinski definition) is 2. The van der Waals surface area contributed by atoms with Crippen LogP contribution >= 0.6 is 12.2 Å². The highest BCUT2D eigenvalue weighted by Crippen LogP contribution is 2.26. The summed E-state index contributed by atoms with van der Waals surface area (Å²) in [6.45, 7) is 0. The van der Waals surface area contributed by atoms with Crippen LogP contribution in [-0.4, -0.2) is 16.3 Å². The molecule has 5 heteroatoms. The fourth-order valence-corrected chi connectivity index (χ4v) is 2.38. The van der Waals surface area contributed by atoms with Crippen LogP contribution in [0.25, 0.3) is 11.3 Å². The molecule has 0 saturated carbocycles. The largest absolute Gasteiger partial charge is 0.339 e. The number of carbonyl (C=O) groups is 1. The summed E-state index contributed by atoms with van der Waals surface area (Å²) in [5, 5.41) is 3.15. The summed E-state index contributed by atoms with van der Waals surface area (Å²) in [7, 11) is 0. The second-order valence-corrected chi connectivity index (χ2v) is 5.04. The minimum atomic E-state index is 0.322. The Labute approximate surface area is 132 Å². The first-order valence-corrected chi connectivity index (χ1v) is 7.16. The van der Waals surface area contributed by atoms with Crippen molar-refractivity contribution in [3.63, 3.8) is 0 Å². The van der Waals surface area contributed by atoms with Gasteiger partial charge in [0.25, 0.3) is 0 Å². The molecular weight excluding hydrogens is 294 g/mol. The predicted octanol–water partition coefficient (Wildman–Crippen LogP) is 4.36. The van der Waals surface area contributed by atoms with Crippen molar-refractivity contribution >= 4 is 30.0 Å². The maximum absolute atomic E-state index is 11.6. The van der Waals surface area contributed by atoms with Gasteiger partial charge >= 0.3 is 0 Å². The average molecular weight is 307 g/mol. The van der Waals surface area contributed by atoms with Gasteiger partial charge in [0.2, 0.25) is 0 Å². The lowest BCUT2D eigenvalue weighted by molar-refractivity contribution is 0.112. The predicted molar refractivity (Wildman–Crippen MR) is 90.0 cm³/mol. The van der Waals surface area contributed by atoms with E-state index in [1.807, 2.05) is 60.7 Å². The zero-order valence-corrected chi connectivity index (χ0v) is 12.4. The van der Waals surface area contributed by atoms with Gasteiger partial charge in [0.1, 0.15) is 5.82 Å². The number of H-pyrrole nitrogens is 1. The maximum Gasteiger partial charge on any atom is 0.199 e. The van der Waals surface area contributed by atoms with E-state index >= 15 is 0 Å². The summed E-state index contributed by atoms with van der Waals surface area (Å²) in [4.78, 5) is 18.8. The zero-order chi connectivity index (χ0) is 15.4. The van der Waals surface area contributed by atoms with Crippen LogP contribution in [0.3, 0.4) is 0 Å². The lowest BCUT2D eigenvalue weighted by atomic mass is 10.1. The number of hydrogen-bond acceptors (Lipinski definition) is 4. The second kappa shape index (κ2) is 6.32. The first kappa shape index (κ1) is 14.2. The molecule has 2 aromatic carbocycles. The molecular formula is C17H13N3OS. The third-order valence-corrected chi connectivity index (χ3v) is 3.38. The Hall–Kier alpha value is -2.79. The Bertz CT molecular complexity index is 845. The molecule has 0 unspecified atom stereocenters. The third-order valence-electron chi connectivity index (χ3n) is 3.19. The van der Waals surface area contributed by atoms with Crippen molar-refractivity contribution < 1.29 is 4.79 Å². The molecule has 0 bridgehead atoms. The van der Waals surface area contributed by atoms with E-state index < -0.39 is 0 Å². The molecule has 3 rings (SSSR count). The number of aldehydes is 1. The lowest BCUT2D eigenvalue weighted by Crippen LogP contribution is -2.03. The Kier molecular flexibility index (Phi) is 4.07. The summed E-state index contributed by atoms with van der Waals surface area (Å²) in [6.07, 6.45) is 0.784. The van der Waals surface area contributed by atoms with Crippen LogP contribution in [-0.2, 0) is 0 Å². The average Bonchev–Trinajstić information content (AvgIpc) is 2.56. The molecule has 0 amide bonds. The highest BCUT2D eigenvalue weighted by atomic mass is 32.1. The van der Waals surface area contributed by atoms with Gasteiger partial charge < -0.3 is 10.3 Å². The SMILES string of the molecule is O=Cc1c(Nc2ccccc2)nc(=S)[nH]c1-c1ccccc1. The Morgan fingerprint density at radius 2 is 1.64 bits per heavy atom. The molecule has 2 N–H and O–H groups in total. The summed E-state index contributed by atoms with van der Waals surface area (Å²) >= 11 is 5.19. The minimum absolute atomic E-state index is 0.322. The standard InChI is InChI=1S/C17H13N3OS/c21-11-14-15(12-7-3-1-4-8-12)19-17(22)20-16(14)18-13-9-5-2-6-10-13/h1-11H,(H2,18,19,20,22). The van der Waals surface area contributed by atoms with Crippen LogP contribution in [0, 0.1) is 4.77 Å². The van der Waals surface area contributed by atoms with Gasteiger partial charge in [-0.25, -0.2) is 4.98 Å². The van der Waals surface area contributed by atoms with Crippen molar-refractivity contribution in [2.75, 3.05) is 5.32 Å². The second-order valence-electron chi connectivity index (χ2n) is 4.65. The summed E-state index contributed by atoms with van der Waals surface area (Å²) in [5.41, 5.74) is 2.84. The van der Waals surface area contributed by atoms with Crippen molar-refractivity contribution in [1.82, 2.24) is 9.97 Å². The molecule has 0 radical (unpaired) electrons. The first-order valence-electron chi connectivity index (χ1n) is 6.75. The smallest absolute Gasteiger partial charge is 0.199 e. The maximum atomic E-state index is 11.6. The number of nitrogens with zero attached hydrogens (tertiary/aromatic N) is 1. The third kappa shape index (κ3) is 2.94. The van der Waals surface area contributed by atoms with Gasteiger partial charge in [0.15, 0.2) is 11.1 Å². The van der Waals surface area contributed by atoms with E-state index in [2.05, 4.69) is 15.3 Å². The number of aromatic nitrogens is 2. The van der Waals surface area contributed by atoms with E-state index in [0.717, 1.165) is 17.5 Å². The van der Waals surface area contributed by atoms with Crippen molar-refractivity contribution in [3.8, 4) is 11.3 Å². The molecule has 1 heterocycles. The number of benzene rings is 2. The van der Waals surface area contributed by atoms with Crippen LogP contribution in [0.4, 0.5) is 11.5 Å². The molecule has 0 aliphatic heterocycles. The van der Waals surface area contributed by atoms with E-state index in [1.54, 1.807) is 0 Å². The van der Waals surface area contributed by atoms with E-state index in [1.165, 1.54) is 0 Å². The number of aromatic amines is 1. The molecule has 4 nitrogen and oxygen atoms in total.